The van der Waals surface area contributed by atoms with Crippen molar-refractivity contribution in [1.82, 2.24) is 0 Å². The molecule has 1 heterocycles. The lowest BCUT2D eigenvalue weighted by atomic mass is 9.89. The van der Waals surface area contributed by atoms with Gasteiger partial charge >= 0.3 is 5.97 Å². The quantitative estimate of drug-likeness (QED) is 0.207. The minimum absolute atomic E-state index is 0.138. The van der Waals surface area contributed by atoms with E-state index in [2.05, 4.69) is 65.4 Å². The van der Waals surface area contributed by atoms with Crippen LogP contribution in [-0.2, 0) is 15.3 Å². The minimum Gasteiger partial charge on any atom is -0.478 e. The molecule has 32 heavy (non-hydrogen) atoms. The Bertz CT molecular complexity index is 1100. The highest BCUT2D eigenvalue weighted by Gasteiger charge is 2.15. The zero-order chi connectivity index (χ0) is 22.2. The first kappa shape index (κ1) is 22.0. The van der Waals surface area contributed by atoms with Crippen LogP contribution in [0, 0.1) is 0 Å². The van der Waals surface area contributed by atoms with Crippen LogP contribution in [0.4, 0.5) is 0 Å². The van der Waals surface area contributed by atoms with Crippen LogP contribution in [0.1, 0.15) is 29.0 Å². The van der Waals surface area contributed by atoms with Crippen molar-refractivity contribution in [3.8, 4) is 5.75 Å². The molecule has 0 aliphatic rings. The summed E-state index contributed by atoms with van der Waals surface area (Å²) in [5.41, 5.74) is 4.49. The molecule has 0 amide bonds. The van der Waals surface area contributed by atoms with E-state index in [-0.39, 0.29) is 6.61 Å². The Morgan fingerprint density at radius 2 is 1.62 bits per heavy atom. The number of carbonyl (C=O) groups excluding carboxylic acids is 1. The summed E-state index contributed by atoms with van der Waals surface area (Å²) in [4.78, 5) is 11.4. The number of para-hydroxylation sites is 1. The number of carbonyl (C=O) groups is 1. The van der Waals surface area contributed by atoms with Gasteiger partial charge < -0.3 is 13.9 Å². The summed E-state index contributed by atoms with van der Waals surface area (Å²) in [6.07, 6.45) is 2.84. The fraction of sp³-hybridized carbons (Fsp3) is 0.222. The number of hydrogen-bond acceptors (Lipinski definition) is 5. The van der Waals surface area contributed by atoms with E-state index in [0.29, 0.717) is 17.3 Å². The van der Waals surface area contributed by atoms with Crippen LogP contribution in [0.3, 0.4) is 0 Å². The van der Waals surface area contributed by atoms with E-state index in [1.165, 1.54) is 18.2 Å². The highest BCUT2D eigenvalue weighted by atomic mass is 32.2. The van der Waals surface area contributed by atoms with E-state index in [9.17, 15) is 4.79 Å². The predicted octanol–water partition coefficient (Wildman–Crippen LogP) is 6.44. The molecule has 164 valence electrons. The van der Waals surface area contributed by atoms with Gasteiger partial charge in [0.05, 0.1) is 13.4 Å². The van der Waals surface area contributed by atoms with Crippen molar-refractivity contribution in [2.45, 2.75) is 18.1 Å². The van der Waals surface area contributed by atoms with Gasteiger partial charge in [-0.25, -0.2) is 4.79 Å². The standard InChI is InChI=1S/C27H26O4S/c1-29-26(28)18-30-25-14-8-13-24-22(17-31-27(24)25)19-32-16-15-23(20-9-4-2-5-10-20)21-11-6-3-7-12-21/h2-14,17,23H,15-16,18-19H2,1H3. The number of esters is 1. The molecule has 4 aromatic rings. The van der Waals surface area contributed by atoms with Crippen LogP contribution in [-0.4, -0.2) is 25.4 Å². The van der Waals surface area contributed by atoms with E-state index in [1.807, 2.05) is 23.9 Å². The molecule has 0 aliphatic heterocycles. The van der Waals surface area contributed by atoms with Crippen molar-refractivity contribution in [3.63, 3.8) is 0 Å². The second-order valence-electron chi connectivity index (χ2n) is 7.47. The molecule has 0 N–H and O–H groups in total. The maximum absolute atomic E-state index is 11.4. The van der Waals surface area contributed by atoms with Crippen molar-refractivity contribution in [2.75, 3.05) is 19.5 Å². The molecular weight excluding hydrogens is 420 g/mol. The van der Waals surface area contributed by atoms with Crippen LogP contribution in [0.5, 0.6) is 5.75 Å². The predicted molar refractivity (Wildman–Crippen MR) is 129 cm³/mol. The van der Waals surface area contributed by atoms with Gasteiger partial charge in [-0.3, -0.25) is 0 Å². The van der Waals surface area contributed by atoms with Gasteiger partial charge in [-0.2, -0.15) is 11.8 Å². The summed E-state index contributed by atoms with van der Waals surface area (Å²) in [5.74, 6) is 2.39. The number of ether oxygens (including phenoxy) is 2. The Morgan fingerprint density at radius 3 is 2.28 bits per heavy atom. The number of benzene rings is 3. The summed E-state index contributed by atoms with van der Waals surface area (Å²) in [5, 5.41) is 1.02. The van der Waals surface area contributed by atoms with Crippen molar-refractivity contribution in [2.24, 2.45) is 0 Å². The molecule has 5 heteroatoms. The van der Waals surface area contributed by atoms with Crippen LogP contribution < -0.4 is 4.74 Å². The maximum Gasteiger partial charge on any atom is 0.343 e. The number of fused-ring (bicyclic) bond motifs is 1. The largest absolute Gasteiger partial charge is 0.478 e. The summed E-state index contributed by atoms with van der Waals surface area (Å²) in [6, 6.07) is 27.1. The van der Waals surface area contributed by atoms with Gasteiger partial charge in [-0.15, -0.1) is 0 Å². The van der Waals surface area contributed by atoms with Gasteiger partial charge in [0.15, 0.2) is 17.9 Å². The Hall–Kier alpha value is -3.18. The molecule has 4 rings (SSSR count). The second-order valence-corrected chi connectivity index (χ2v) is 8.58. The molecular formula is C27H26O4S. The number of hydrogen-bond donors (Lipinski definition) is 0. The van der Waals surface area contributed by atoms with Gasteiger partial charge in [-0.05, 0) is 29.4 Å². The smallest absolute Gasteiger partial charge is 0.343 e. The lowest BCUT2D eigenvalue weighted by Crippen LogP contribution is -2.12. The highest BCUT2D eigenvalue weighted by molar-refractivity contribution is 7.98. The van der Waals surface area contributed by atoms with Crippen molar-refractivity contribution in [3.05, 3.63) is 102 Å². The minimum atomic E-state index is -0.421. The van der Waals surface area contributed by atoms with Crippen molar-refractivity contribution < 1.29 is 18.7 Å². The SMILES string of the molecule is COC(=O)COc1cccc2c(CSCCC(c3ccccc3)c3ccccc3)coc12. The molecule has 0 saturated heterocycles. The third kappa shape index (κ3) is 5.35. The van der Waals surface area contributed by atoms with Crippen LogP contribution in [0.25, 0.3) is 11.0 Å². The monoisotopic (exact) mass is 446 g/mol. The third-order valence-electron chi connectivity index (χ3n) is 5.43. The average molecular weight is 447 g/mol. The number of thioether (sulfide) groups is 1. The van der Waals surface area contributed by atoms with Crippen molar-refractivity contribution in [1.29, 1.82) is 0 Å². The zero-order valence-electron chi connectivity index (χ0n) is 18.0. The summed E-state index contributed by atoms with van der Waals surface area (Å²) >= 11 is 1.90. The maximum atomic E-state index is 11.4. The van der Waals surface area contributed by atoms with Crippen molar-refractivity contribution >= 4 is 28.7 Å². The first-order chi connectivity index (χ1) is 15.8. The summed E-state index contributed by atoms with van der Waals surface area (Å²) in [6.45, 7) is -0.138. The van der Waals surface area contributed by atoms with Crippen LogP contribution >= 0.6 is 11.8 Å². The fourth-order valence-corrected chi connectivity index (χ4v) is 4.77. The molecule has 1 aromatic heterocycles. The van der Waals surface area contributed by atoms with Crippen LogP contribution in [0.2, 0.25) is 0 Å². The Balaban J connectivity index is 1.40. The van der Waals surface area contributed by atoms with E-state index in [0.717, 1.165) is 28.9 Å². The van der Waals surface area contributed by atoms with Gasteiger partial charge in [0.25, 0.3) is 0 Å². The zero-order valence-corrected chi connectivity index (χ0v) is 18.8. The van der Waals surface area contributed by atoms with E-state index >= 15 is 0 Å². The number of furan rings is 1. The molecule has 0 radical (unpaired) electrons. The third-order valence-corrected chi connectivity index (χ3v) is 6.47. The first-order valence-electron chi connectivity index (χ1n) is 10.6. The normalized spacial score (nSPS) is 11.1. The molecule has 0 atom stereocenters. The molecule has 3 aromatic carbocycles. The number of methoxy groups -OCH3 is 1. The topological polar surface area (TPSA) is 48.7 Å². The Kier molecular flexibility index (Phi) is 7.51. The average Bonchev–Trinajstić information content (AvgIpc) is 3.27. The Morgan fingerprint density at radius 1 is 0.938 bits per heavy atom. The summed E-state index contributed by atoms with van der Waals surface area (Å²) in [7, 11) is 1.34. The molecule has 0 bridgehead atoms. The highest BCUT2D eigenvalue weighted by Crippen LogP contribution is 2.33. The molecule has 0 aliphatic carbocycles. The number of rotatable bonds is 10. The molecule has 4 nitrogen and oxygen atoms in total. The van der Waals surface area contributed by atoms with E-state index in [1.54, 1.807) is 12.3 Å². The van der Waals surface area contributed by atoms with Gasteiger partial charge in [0.1, 0.15) is 0 Å². The fourth-order valence-electron chi connectivity index (χ4n) is 3.78. The Labute approximate surface area is 192 Å². The molecule has 0 fully saturated rings. The molecule has 0 unspecified atom stereocenters. The van der Waals surface area contributed by atoms with Gasteiger partial charge in [0.2, 0.25) is 0 Å². The lowest BCUT2D eigenvalue weighted by molar-refractivity contribution is -0.142. The van der Waals surface area contributed by atoms with E-state index < -0.39 is 5.97 Å². The molecule has 0 saturated carbocycles. The second kappa shape index (κ2) is 10.9. The lowest BCUT2D eigenvalue weighted by Gasteiger charge is -2.18. The first-order valence-corrected chi connectivity index (χ1v) is 11.8. The van der Waals surface area contributed by atoms with Crippen LogP contribution in [0.15, 0.2) is 89.5 Å². The summed E-state index contributed by atoms with van der Waals surface area (Å²) < 4.78 is 16.0. The molecule has 0 spiro atoms. The van der Waals surface area contributed by atoms with E-state index in [4.69, 9.17) is 9.15 Å². The van der Waals surface area contributed by atoms with Gasteiger partial charge in [0, 0.05) is 22.6 Å². The van der Waals surface area contributed by atoms with Gasteiger partial charge in [-0.1, -0.05) is 72.8 Å².